The molecule has 3 aromatic rings. The maximum Gasteiger partial charge on any atom is 0.335 e. The summed E-state index contributed by atoms with van der Waals surface area (Å²) in [5, 5.41) is 11.0. The third-order valence-electron chi connectivity index (χ3n) is 4.74. The molecule has 5 nitrogen and oxygen atoms in total. The van der Waals surface area contributed by atoms with Gasteiger partial charge in [0.2, 0.25) is 5.88 Å². The molecule has 0 spiro atoms. The lowest BCUT2D eigenvalue weighted by molar-refractivity contribution is 0.0696. The first-order valence-corrected chi connectivity index (χ1v) is 9.95. The first-order chi connectivity index (χ1) is 13.5. The Morgan fingerprint density at radius 2 is 1.96 bits per heavy atom. The van der Waals surface area contributed by atoms with Crippen LogP contribution in [0.15, 0.2) is 47.8 Å². The smallest absolute Gasteiger partial charge is 0.335 e. The Hall–Kier alpha value is -2.99. The van der Waals surface area contributed by atoms with Crippen LogP contribution in [0.5, 0.6) is 5.88 Å². The van der Waals surface area contributed by atoms with Crippen LogP contribution >= 0.6 is 11.3 Å². The van der Waals surface area contributed by atoms with E-state index < -0.39 is 5.97 Å². The molecule has 2 aromatic heterocycles. The zero-order valence-electron chi connectivity index (χ0n) is 15.3. The fourth-order valence-electron chi connectivity index (χ4n) is 3.16. The van der Waals surface area contributed by atoms with Gasteiger partial charge in [0.05, 0.1) is 21.7 Å². The van der Waals surface area contributed by atoms with E-state index in [-0.39, 0.29) is 18.0 Å². The molecule has 0 aliphatic heterocycles. The summed E-state index contributed by atoms with van der Waals surface area (Å²) in [5.41, 5.74) is 3.43. The summed E-state index contributed by atoms with van der Waals surface area (Å²) in [5.74, 6) is -0.283. The number of hydrogen-bond acceptors (Lipinski definition) is 5. The summed E-state index contributed by atoms with van der Waals surface area (Å²) in [6.07, 6.45) is 2.15. The maximum absolute atomic E-state index is 12.4. The van der Waals surface area contributed by atoms with Gasteiger partial charge >= 0.3 is 5.97 Å². The largest absolute Gasteiger partial charge is 0.478 e. The highest BCUT2D eigenvalue weighted by Crippen LogP contribution is 2.45. The van der Waals surface area contributed by atoms with Crippen LogP contribution < -0.4 is 4.74 Å². The number of carbonyl (C=O) groups excluding carboxylic acids is 1. The van der Waals surface area contributed by atoms with Crippen molar-refractivity contribution in [3.05, 3.63) is 70.1 Å². The number of pyridine rings is 1. The number of nitrogens with zero attached hydrogens (tertiary/aromatic N) is 1. The van der Waals surface area contributed by atoms with Gasteiger partial charge in [0.15, 0.2) is 5.78 Å². The first kappa shape index (κ1) is 18.4. The second-order valence-electron chi connectivity index (χ2n) is 6.88. The fraction of sp³-hybridized carbons (Fsp3) is 0.227. The van der Waals surface area contributed by atoms with E-state index in [0.717, 1.165) is 34.5 Å². The molecule has 0 saturated heterocycles. The normalized spacial score (nSPS) is 13.3. The van der Waals surface area contributed by atoms with Gasteiger partial charge in [-0.05, 0) is 66.5 Å². The Bertz CT molecular complexity index is 1020. The van der Waals surface area contributed by atoms with E-state index in [9.17, 15) is 9.59 Å². The van der Waals surface area contributed by atoms with E-state index in [1.165, 1.54) is 12.1 Å². The van der Waals surface area contributed by atoms with Crippen molar-refractivity contribution in [1.82, 2.24) is 4.98 Å². The van der Waals surface area contributed by atoms with Crippen molar-refractivity contribution in [2.75, 3.05) is 0 Å². The van der Waals surface area contributed by atoms with Crippen LogP contribution in [0.2, 0.25) is 0 Å². The molecule has 1 fully saturated rings. The number of rotatable bonds is 7. The number of benzene rings is 1. The molecule has 0 bridgehead atoms. The Morgan fingerprint density at radius 1 is 1.21 bits per heavy atom. The van der Waals surface area contributed by atoms with Gasteiger partial charge in [-0.25, -0.2) is 9.78 Å². The van der Waals surface area contributed by atoms with Gasteiger partial charge in [-0.2, -0.15) is 0 Å². The number of aromatic carboxylic acids is 1. The zero-order chi connectivity index (χ0) is 19.7. The van der Waals surface area contributed by atoms with Crippen molar-refractivity contribution in [3.8, 4) is 16.5 Å². The molecule has 6 heteroatoms. The molecule has 1 aliphatic rings. The summed E-state index contributed by atoms with van der Waals surface area (Å²) in [6, 6.07) is 12.5. The van der Waals surface area contributed by atoms with E-state index >= 15 is 0 Å². The Balaban J connectivity index is 1.67. The van der Waals surface area contributed by atoms with Crippen LogP contribution in [-0.4, -0.2) is 21.8 Å². The Labute approximate surface area is 166 Å². The van der Waals surface area contributed by atoms with Crippen molar-refractivity contribution in [1.29, 1.82) is 0 Å². The molecular weight excluding hydrogens is 374 g/mol. The fourth-order valence-corrected chi connectivity index (χ4v) is 3.85. The minimum absolute atomic E-state index is 0.0524. The lowest BCUT2D eigenvalue weighted by Gasteiger charge is -2.15. The summed E-state index contributed by atoms with van der Waals surface area (Å²) in [4.78, 5) is 29.0. The average molecular weight is 393 g/mol. The maximum atomic E-state index is 12.4. The minimum Gasteiger partial charge on any atom is -0.478 e. The van der Waals surface area contributed by atoms with Gasteiger partial charge in [0, 0.05) is 0 Å². The highest BCUT2D eigenvalue weighted by atomic mass is 32.1. The molecule has 28 heavy (non-hydrogen) atoms. The van der Waals surface area contributed by atoms with Crippen molar-refractivity contribution in [2.24, 2.45) is 0 Å². The Morgan fingerprint density at radius 3 is 2.54 bits per heavy atom. The van der Waals surface area contributed by atoms with Crippen LogP contribution in [0.1, 0.15) is 57.5 Å². The number of aromatic nitrogens is 1. The summed E-state index contributed by atoms with van der Waals surface area (Å²) < 4.78 is 5.97. The molecule has 2 heterocycles. The number of thiophene rings is 1. The monoisotopic (exact) mass is 393 g/mol. The number of hydrogen-bond donors (Lipinski definition) is 1. The van der Waals surface area contributed by atoms with Crippen molar-refractivity contribution in [3.63, 3.8) is 0 Å². The van der Waals surface area contributed by atoms with E-state index in [1.807, 2.05) is 23.6 Å². The predicted molar refractivity (Wildman–Crippen MR) is 107 cm³/mol. The van der Waals surface area contributed by atoms with E-state index in [1.54, 1.807) is 30.4 Å². The number of ketones is 1. The number of carbonyl (C=O) groups is 2. The van der Waals surface area contributed by atoms with Crippen molar-refractivity contribution < 1.29 is 19.4 Å². The third-order valence-corrected chi connectivity index (χ3v) is 5.63. The lowest BCUT2D eigenvalue weighted by atomic mass is 10.0. The first-order valence-electron chi connectivity index (χ1n) is 9.07. The highest BCUT2D eigenvalue weighted by Gasteiger charge is 2.31. The van der Waals surface area contributed by atoms with Crippen LogP contribution in [0, 0.1) is 0 Å². The molecule has 0 atom stereocenters. The van der Waals surface area contributed by atoms with E-state index in [2.05, 4.69) is 4.98 Å². The topological polar surface area (TPSA) is 76.5 Å². The molecule has 4 rings (SSSR count). The molecule has 0 radical (unpaired) electrons. The van der Waals surface area contributed by atoms with Gasteiger partial charge in [-0.15, -0.1) is 11.3 Å². The van der Waals surface area contributed by atoms with Gasteiger partial charge in [0.1, 0.15) is 6.61 Å². The SMILES string of the molecule is CC(=O)c1c(C2CC2)cc(-c2cccs2)nc1OCc1ccc(C(=O)O)cc1. The van der Waals surface area contributed by atoms with Crippen LogP contribution in [0.4, 0.5) is 0 Å². The standard InChI is InChI=1S/C22H19NO4S/c1-13(24)20-17(15-8-9-15)11-18(19-3-2-10-28-19)23-21(20)27-12-14-4-6-16(7-5-14)22(25)26/h2-7,10-11,15H,8-9,12H2,1H3,(H,25,26). The van der Waals surface area contributed by atoms with Gasteiger partial charge in [0.25, 0.3) is 0 Å². The second kappa shape index (κ2) is 7.56. The van der Waals surface area contributed by atoms with Gasteiger partial charge < -0.3 is 9.84 Å². The molecule has 0 unspecified atom stereocenters. The van der Waals surface area contributed by atoms with Crippen LogP contribution in [-0.2, 0) is 6.61 Å². The van der Waals surface area contributed by atoms with Crippen LogP contribution in [0.25, 0.3) is 10.6 Å². The van der Waals surface area contributed by atoms with E-state index in [4.69, 9.17) is 9.84 Å². The Kier molecular flexibility index (Phi) is 4.96. The van der Waals surface area contributed by atoms with Crippen molar-refractivity contribution in [2.45, 2.75) is 32.3 Å². The van der Waals surface area contributed by atoms with Gasteiger partial charge in [-0.1, -0.05) is 18.2 Å². The van der Waals surface area contributed by atoms with Gasteiger partial charge in [-0.3, -0.25) is 4.79 Å². The number of ether oxygens (including phenoxy) is 1. The lowest BCUT2D eigenvalue weighted by Crippen LogP contribution is -2.08. The average Bonchev–Trinajstić information content (AvgIpc) is 3.39. The molecule has 1 N–H and O–H groups in total. The molecule has 1 aliphatic carbocycles. The van der Waals surface area contributed by atoms with E-state index in [0.29, 0.717) is 17.4 Å². The number of Topliss-reactive ketones (excluding diaryl/α,β-unsaturated/α-hetero) is 1. The minimum atomic E-state index is -0.967. The quantitative estimate of drug-likeness (QED) is 0.561. The highest BCUT2D eigenvalue weighted by molar-refractivity contribution is 7.13. The second-order valence-corrected chi connectivity index (χ2v) is 7.82. The summed E-state index contributed by atoms with van der Waals surface area (Å²) in [7, 11) is 0. The van der Waals surface area contributed by atoms with Crippen LogP contribution in [0.3, 0.4) is 0 Å². The number of carboxylic acids is 1. The predicted octanol–water partition coefficient (Wildman–Crippen LogP) is 5.17. The molecule has 1 saturated carbocycles. The summed E-state index contributed by atoms with van der Waals surface area (Å²) in [6.45, 7) is 1.76. The van der Waals surface area contributed by atoms with Crippen molar-refractivity contribution >= 4 is 23.1 Å². The molecule has 142 valence electrons. The molecule has 1 aromatic carbocycles. The molecule has 0 amide bonds. The zero-order valence-corrected chi connectivity index (χ0v) is 16.2. The molecular formula is C22H19NO4S. The number of carboxylic acid groups (broad SMARTS) is 1. The third kappa shape index (κ3) is 3.82. The summed E-state index contributed by atoms with van der Waals surface area (Å²) >= 11 is 1.60.